The first-order valence-electron chi connectivity index (χ1n) is 6.66. The summed E-state index contributed by atoms with van der Waals surface area (Å²) in [6, 6.07) is 2.34. The third kappa shape index (κ3) is 2.92. The number of amides is 1. The van der Waals surface area contributed by atoms with Crippen LogP contribution >= 0.6 is 11.6 Å². The molecule has 1 aromatic carbocycles. The molecular formula is C15H16ClFN2O3. The van der Waals surface area contributed by atoms with Gasteiger partial charge < -0.3 is 9.47 Å². The van der Waals surface area contributed by atoms with E-state index in [-0.39, 0.29) is 34.2 Å². The highest BCUT2D eigenvalue weighted by molar-refractivity contribution is 6.32. The maximum Gasteiger partial charge on any atom is 0.425 e. The van der Waals surface area contributed by atoms with Crippen LogP contribution in [0.15, 0.2) is 23.5 Å². The highest BCUT2D eigenvalue weighted by Gasteiger charge is 2.37. The Labute approximate surface area is 132 Å². The summed E-state index contributed by atoms with van der Waals surface area (Å²) in [5.74, 6) is -0.607. The molecule has 0 unspecified atom stereocenters. The summed E-state index contributed by atoms with van der Waals surface area (Å²) in [6.07, 6.45) is -1.01. The second-order valence-corrected chi connectivity index (χ2v) is 5.69. The van der Waals surface area contributed by atoms with Crippen molar-refractivity contribution in [1.82, 2.24) is 0 Å². The number of rotatable bonds is 3. The molecule has 0 spiro atoms. The van der Waals surface area contributed by atoms with Gasteiger partial charge in [0.1, 0.15) is 11.6 Å². The average molecular weight is 327 g/mol. The first-order valence-corrected chi connectivity index (χ1v) is 7.04. The number of nitrogens with zero attached hydrogens (tertiary/aromatic N) is 1. The number of hydrogen-bond donors (Lipinski definition) is 1. The Hall–Kier alpha value is -2.08. The number of allylic oxidation sites excluding steroid dienone is 1. The van der Waals surface area contributed by atoms with Crippen molar-refractivity contribution in [2.24, 2.45) is 0 Å². The van der Waals surface area contributed by atoms with Crippen molar-refractivity contribution in [3.05, 3.63) is 34.3 Å². The van der Waals surface area contributed by atoms with Crippen LogP contribution in [-0.4, -0.2) is 18.0 Å². The van der Waals surface area contributed by atoms with Gasteiger partial charge in [-0.3, -0.25) is 5.41 Å². The summed E-state index contributed by atoms with van der Waals surface area (Å²) in [5, 5.41) is 8.10. The smallest absolute Gasteiger partial charge is 0.425 e. The Balaban J connectivity index is 2.51. The van der Waals surface area contributed by atoms with Crippen LogP contribution in [0, 0.1) is 11.2 Å². The van der Waals surface area contributed by atoms with Crippen molar-refractivity contribution < 1.29 is 18.7 Å². The molecule has 1 amide bonds. The van der Waals surface area contributed by atoms with Gasteiger partial charge in [-0.05, 0) is 39.3 Å². The molecule has 1 aliphatic heterocycles. The zero-order chi connectivity index (χ0) is 16.6. The Morgan fingerprint density at radius 2 is 2.05 bits per heavy atom. The molecule has 0 aromatic heterocycles. The fourth-order valence-corrected chi connectivity index (χ4v) is 2.16. The third-order valence-corrected chi connectivity index (χ3v) is 3.17. The molecular weight excluding hydrogens is 311 g/mol. The second-order valence-electron chi connectivity index (χ2n) is 5.28. The number of amidine groups is 1. The summed E-state index contributed by atoms with van der Waals surface area (Å²) in [4.78, 5) is 12.8. The van der Waals surface area contributed by atoms with Gasteiger partial charge in [0.25, 0.3) is 0 Å². The number of cyclic esters (lactones) is 1. The SMILES string of the molecule is CC(C)=C1OC(=O)N(c2cc(OC(C)C)c(Cl)cc2F)C1=N. The molecule has 2 rings (SSSR count). The molecule has 0 aliphatic carbocycles. The number of halogens is 2. The zero-order valence-electron chi connectivity index (χ0n) is 12.7. The van der Waals surface area contributed by atoms with E-state index in [1.165, 1.54) is 6.07 Å². The van der Waals surface area contributed by atoms with Gasteiger partial charge in [-0.25, -0.2) is 14.1 Å². The number of nitrogens with one attached hydrogen (secondary N) is 1. The molecule has 118 valence electrons. The van der Waals surface area contributed by atoms with Gasteiger partial charge in [0.05, 0.1) is 16.8 Å². The van der Waals surface area contributed by atoms with Crippen molar-refractivity contribution in [2.75, 3.05) is 4.90 Å². The van der Waals surface area contributed by atoms with Crippen molar-refractivity contribution >= 4 is 29.2 Å². The fraction of sp³-hybridized carbons (Fsp3) is 0.333. The summed E-state index contributed by atoms with van der Waals surface area (Å²) >= 11 is 5.94. The van der Waals surface area contributed by atoms with E-state index in [0.29, 0.717) is 5.57 Å². The summed E-state index contributed by atoms with van der Waals surface area (Å²) in [7, 11) is 0. The van der Waals surface area contributed by atoms with Crippen LogP contribution in [0.3, 0.4) is 0 Å². The monoisotopic (exact) mass is 326 g/mol. The highest BCUT2D eigenvalue weighted by atomic mass is 35.5. The average Bonchev–Trinajstić information content (AvgIpc) is 2.68. The summed E-state index contributed by atoms with van der Waals surface area (Å²) < 4.78 is 24.7. The quantitative estimate of drug-likeness (QED) is 0.889. The van der Waals surface area contributed by atoms with Crippen molar-refractivity contribution in [1.29, 1.82) is 5.41 Å². The largest absolute Gasteiger partial charge is 0.489 e. The van der Waals surface area contributed by atoms with E-state index in [1.54, 1.807) is 27.7 Å². The van der Waals surface area contributed by atoms with Crippen molar-refractivity contribution in [3.8, 4) is 5.75 Å². The lowest BCUT2D eigenvalue weighted by molar-refractivity contribution is 0.198. The predicted molar refractivity (Wildman–Crippen MR) is 82.2 cm³/mol. The lowest BCUT2D eigenvalue weighted by atomic mass is 10.2. The van der Waals surface area contributed by atoms with Gasteiger partial charge in [-0.1, -0.05) is 11.6 Å². The Kier molecular flexibility index (Phi) is 4.42. The molecule has 0 saturated carbocycles. The van der Waals surface area contributed by atoms with Gasteiger partial charge in [0.2, 0.25) is 0 Å². The van der Waals surface area contributed by atoms with E-state index in [4.69, 9.17) is 26.5 Å². The minimum atomic E-state index is -0.835. The van der Waals surface area contributed by atoms with Gasteiger partial charge >= 0.3 is 6.09 Å². The maximum atomic E-state index is 14.2. The van der Waals surface area contributed by atoms with E-state index in [0.717, 1.165) is 11.0 Å². The topological polar surface area (TPSA) is 62.6 Å². The zero-order valence-corrected chi connectivity index (χ0v) is 13.4. The molecule has 0 radical (unpaired) electrons. The third-order valence-electron chi connectivity index (χ3n) is 2.87. The normalized spacial score (nSPS) is 14.7. The Bertz CT molecular complexity index is 682. The summed E-state index contributed by atoms with van der Waals surface area (Å²) in [5.41, 5.74) is 0.514. The number of benzene rings is 1. The number of carbonyl (C=O) groups excluding carboxylic acids is 1. The van der Waals surface area contributed by atoms with Crippen LogP contribution < -0.4 is 9.64 Å². The van der Waals surface area contributed by atoms with E-state index < -0.39 is 11.9 Å². The van der Waals surface area contributed by atoms with Crippen LogP contribution in [-0.2, 0) is 4.74 Å². The molecule has 1 N–H and O–H groups in total. The second kappa shape index (κ2) is 5.96. The molecule has 7 heteroatoms. The number of anilines is 1. The number of ether oxygens (including phenoxy) is 2. The van der Waals surface area contributed by atoms with Gasteiger partial charge in [-0.15, -0.1) is 0 Å². The lowest BCUT2D eigenvalue weighted by Crippen LogP contribution is -2.29. The van der Waals surface area contributed by atoms with E-state index >= 15 is 0 Å². The maximum absolute atomic E-state index is 14.2. The van der Waals surface area contributed by atoms with Crippen LogP contribution in [0.25, 0.3) is 0 Å². The molecule has 22 heavy (non-hydrogen) atoms. The van der Waals surface area contributed by atoms with E-state index in [1.807, 2.05) is 0 Å². The highest BCUT2D eigenvalue weighted by Crippen LogP contribution is 2.36. The van der Waals surface area contributed by atoms with E-state index in [9.17, 15) is 9.18 Å². The minimum absolute atomic E-state index is 0.0940. The molecule has 1 saturated heterocycles. The van der Waals surface area contributed by atoms with Crippen LogP contribution in [0.4, 0.5) is 14.9 Å². The first kappa shape index (κ1) is 16.3. The predicted octanol–water partition coefficient (Wildman–Crippen LogP) is 4.49. The molecule has 1 heterocycles. The van der Waals surface area contributed by atoms with Crippen LogP contribution in [0.5, 0.6) is 5.75 Å². The first-order chi connectivity index (χ1) is 10.2. The molecule has 0 bridgehead atoms. The molecule has 1 aliphatic rings. The standard InChI is InChI=1S/C15H16ClFN2O3/c1-7(2)13-14(18)19(15(20)22-13)11-6-12(21-8(3)4)9(16)5-10(11)17/h5-6,8,18H,1-4H3. The molecule has 0 atom stereocenters. The molecule has 1 aromatic rings. The number of hydrogen-bond acceptors (Lipinski definition) is 4. The van der Waals surface area contributed by atoms with Gasteiger partial charge in [0, 0.05) is 6.07 Å². The van der Waals surface area contributed by atoms with Crippen molar-refractivity contribution in [3.63, 3.8) is 0 Å². The fourth-order valence-electron chi connectivity index (χ4n) is 1.97. The Morgan fingerprint density at radius 1 is 1.41 bits per heavy atom. The Morgan fingerprint density at radius 3 is 2.55 bits per heavy atom. The van der Waals surface area contributed by atoms with Gasteiger partial charge in [-0.2, -0.15) is 0 Å². The molecule has 5 nitrogen and oxygen atoms in total. The van der Waals surface area contributed by atoms with E-state index in [2.05, 4.69) is 0 Å². The van der Waals surface area contributed by atoms with Gasteiger partial charge in [0.15, 0.2) is 11.6 Å². The van der Waals surface area contributed by atoms with Crippen molar-refractivity contribution in [2.45, 2.75) is 33.8 Å². The lowest BCUT2D eigenvalue weighted by Gasteiger charge is -2.17. The number of carbonyl (C=O) groups is 1. The summed E-state index contributed by atoms with van der Waals surface area (Å²) in [6.45, 7) is 7.00. The minimum Gasteiger partial charge on any atom is -0.489 e. The van der Waals surface area contributed by atoms with Crippen LogP contribution in [0.1, 0.15) is 27.7 Å². The molecule has 1 fully saturated rings. The van der Waals surface area contributed by atoms with Crippen LogP contribution in [0.2, 0.25) is 5.02 Å².